The highest BCUT2D eigenvalue weighted by Crippen LogP contribution is 2.24. The highest BCUT2D eigenvalue weighted by molar-refractivity contribution is 7.84. The Hall–Kier alpha value is -1.01. The Balaban J connectivity index is 2.46. The summed E-state index contributed by atoms with van der Waals surface area (Å²) in [6, 6.07) is 0. The molecule has 0 aromatic carbocycles. The number of rotatable bonds is 0. The summed E-state index contributed by atoms with van der Waals surface area (Å²) < 4.78 is 32.2. The van der Waals surface area contributed by atoms with Crippen molar-refractivity contribution in [2.45, 2.75) is 0 Å². The molecule has 0 aromatic rings. The lowest BCUT2D eigenvalue weighted by atomic mass is 10.5. The van der Waals surface area contributed by atoms with Crippen LogP contribution in [-0.4, -0.2) is 19.3 Å². The van der Waals surface area contributed by atoms with Crippen molar-refractivity contribution in [1.82, 2.24) is 4.31 Å². The zero-order chi connectivity index (χ0) is 7.90. The van der Waals surface area contributed by atoms with Gasteiger partial charge in [-0.1, -0.05) is 0 Å². The van der Waals surface area contributed by atoms with E-state index in [4.69, 9.17) is 4.74 Å². The average molecular weight is 175 g/mol. The summed E-state index contributed by atoms with van der Waals surface area (Å²) in [5, 5.41) is 0. The zero-order valence-corrected chi connectivity index (χ0v) is 6.24. The van der Waals surface area contributed by atoms with E-state index in [-0.39, 0.29) is 6.61 Å². The average Bonchev–Trinajstić information content (AvgIpc) is 2.29. The maximum absolute atomic E-state index is 11.0. The largest absolute Gasteiger partial charge is 0.469 e. The Morgan fingerprint density at radius 3 is 3.09 bits per heavy atom. The quantitative estimate of drug-likeness (QED) is 0.516. The molecule has 0 radical (unpaired) electrons. The smallest absolute Gasteiger partial charge is 0.366 e. The molecule has 0 spiro atoms. The fourth-order valence-corrected chi connectivity index (χ4v) is 1.83. The standard InChI is InChI=1S/C5H5NO4S/c7-11(8)6-1-2-9-3-5(6)4-10-11/h1-3H,4H2. The second-order valence-electron chi connectivity index (χ2n) is 2.05. The van der Waals surface area contributed by atoms with Gasteiger partial charge in [0.1, 0.15) is 19.1 Å². The van der Waals surface area contributed by atoms with Crippen molar-refractivity contribution in [3.8, 4) is 0 Å². The Morgan fingerprint density at radius 1 is 1.55 bits per heavy atom. The Bertz CT molecular complexity index is 328. The van der Waals surface area contributed by atoms with Crippen molar-refractivity contribution < 1.29 is 17.3 Å². The van der Waals surface area contributed by atoms with E-state index in [1.807, 2.05) is 0 Å². The first-order valence-corrected chi connectivity index (χ1v) is 4.27. The van der Waals surface area contributed by atoms with Crippen LogP contribution in [-0.2, 0) is 19.2 Å². The van der Waals surface area contributed by atoms with E-state index < -0.39 is 10.3 Å². The summed E-state index contributed by atoms with van der Waals surface area (Å²) in [4.78, 5) is 0. The molecule has 0 atom stereocenters. The van der Waals surface area contributed by atoms with E-state index in [0.717, 1.165) is 4.31 Å². The van der Waals surface area contributed by atoms with Crippen molar-refractivity contribution in [3.05, 3.63) is 24.4 Å². The molecule has 1 saturated heterocycles. The van der Waals surface area contributed by atoms with Gasteiger partial charge in [0.2, 0.25) is 0 Å². The molecule has 60 valence electrons. The van der Waals surface area contributed by atoms with Gasteiger partial charge in [-0.3, -0.25) is 0 Å². The van der Waals surface area contributed by atoms with E-state index in [1.54, 1.807) is 0 Å². The van der Waals surface area contributed by atoms with Gasteiger partial charge < -0.3 is 4.74 Å². The third kappa shape index (κ3) is 0.908. The molecule has 0 saturated carbocycles. The number of ether oxygens (including phenoxy) is 1. The van der Waals surface area contributed by atoms with Gasteiger partial charge in [0.15, 0.2) is 0 Å². The fourth-order valence-electron chi connectivity index (χ4n) is 0.863. The molecule has 0 N–H and O–H groups in total. The molecule has 0 aliphatic carbocycles. The summed E-state index contributed by atoms with van der Waals surface area (Å²) in [6.45, 7) is 0.0483. The number of nitrogens with zero attached hydrogens (tertiary/aromatic N) is 1. The van der Waals surface area contributed by atoms with Gasteiger partial charge in [-0.25, -0.2) is 8.49 Å². The van der Waals surface area contributed by atoms with Crippen molar-refractivity contribution in [2.24, 2.45) is 0 Å². The molecule has 2 rings (SSSR count). The molecule has 2 aliphatic heterocycles. The summed E-state index contributed by atoms with van der Waals surface area (Å²) in [5.74, 6) is 0. The summed E-state index contributed by atoms with van der Waals surface area (Å²) >= 11 is 0. The van der Waals surface area contributed by atoms with Crippen LogP contribution in [0.2, 0.25) is 0 Å². The minimum Gasteiger partial charge on any atom is -0.469 e. The molecule has 6 heteroatoms. The van der Waals surface area contributed by atoms with Gasteiger partial charge in [0.05, 0.1) is 11.9 Å². The molecule has 5 nitrogen and oxygen atoms in total. The SMILES string of the molecule is O=S1(=O)OCC2=COC=CN21. The molecule has 0 bridgehead atoms. The van der Waals surface area contributed by atoms with Crippen molar-refractivity contribution in [1.29, 1.82) is 0 Å². The van der Waals surface area contributed by atoms with Crippen LogP contribution in [0.3, 0.4) is 0 Å². The molecule has 1 fully saturated rings. The van der Waals surface area contributed by atoms with Crippen LogP contribution in [0.5, 0.6) is 0 Å². The van der Waals surface area contributed by atoms with Crippen LogP contribution in [0.15, 0.2) is 24.4 Å². The molecule has 0 aromatic heterocycles. The van der Waals surface area contributed by atoms with Crippen molar-refractivity contribution >= 4 is 10.3 Å². The predicted octanol–water partition coefficient (Wildman–Crippen LogP) is -0.0938. The van der Waals surface area contributed by atoms with Gasteiger partial charge >= 0.3 is 10.3 Å². The van der Waals surface area contributed by atoms with E-state index in [9.17, 15) is 8.42 Å². The lowest BCUT2D eigenvalue weighted by Crippen LogP contribution is -2.19. The minimum absolute atomic E-state index is 0.0483. The van der Waals surface area contributed by atoms with Crippen LogP contribution < -0.4 is 0 Å². The van der Waals surface area contributed by atoms with Crippen LogP contribution in [0, 0.1) is 0 Å². The van der Waals surface area contributed by atoms with E-state index in [2.05, 4.69) is 4.18 Å². The second kappa shape index (κ2) is 1.99. The highest BCUT2D eigenvalue weighted by Gasteiger charge is 2.33. The van der Waals surface area contributed by atoms with E-state index in [1.165, 1.54) is 18.7 Å². The Kier molecular flexibility index (Phi) is 1.21. The highest BCUT2D eigenvalue weighted by atomic mass is 32.2. The minimum atomic E-state index is -3.55. The second-order valence-corrected chi connectivity index (χ2v) is 3.53. The maximum Gasteiger partial charge on any atom is 0.366 e. The number of fused-ring (bicyclic) bond motifs is 1. The molecule has 0 amide bonds. The van der Waals surface area contributed by atoms with Gasteiger partial charge in [0, 0.05) is 0 Å². The van der Waals surface area contributed by atoms with Gasteiger partial charge in [-0.15, -0.1) is 0 Å². The predicted molar refractivity (Wildman–Crippen MR) is 35.0 cm³/mol. The lowest BCUT2D eigenvalue weighted by molar-refractivity contribution is 0.354. The van der Waals surface area contributed by atoms with Crippen LogP contribution in [0.1, 0.15) is 0 Å². The number of hydrogen-bond donors (Lipinski definition) is 0. The fraction of sp³-hybridized carbons (Fsp3) is 0.200. The summed E-state index contributed by atoms with van der Waals surface area (Å²) in [7, 11) is -3.55. The normalized spacial score (nSPS) is 25.8. The lowest BCUT2D eigenvalue weighted by Gasteiger charge is -2.12. The first-order chi connectivity index (χ1) is 5.20. The maximum atomic E-state index is 11.0. The first-order valence-electron chi connectivity index (χ1n) is 2.90. The number of hydrogen-bond acceptors (Lipinski definition) is 4. The molecular weight excluding hydrogens is 170 g/mol. The van der Waals surface area contributed by atoms with E-state index in [0.29, 0.717) is 5.70 Å². The summed E-state index contributed by atoms with van der Waals surface area (Å²) in [5.41, 5.74) is 0.493. The third-order valence-electron chi connectivity index (χ3n) is 1.36. The van der Waals surface area contributed by atoms with Gasteiger partial charge in [-0.2, -0.15) is 8.42 Å². The van der Waals surface area contributed by atoms with Crippen LogP contribution in [0.25, 0.3) is 0 Å². The molecule has 2 aliphatic rings. The monoisotopic (exact) mass is 175 g/mol. The molecule has 2 heterocycles. The third-order valence-corrected chi connectivity index (χ3v) is 2.61. The molecule has 0 unspecified atom stereocenters. The van der Waals surface area contributed by atoms with E-state index >= 15 is 0 Å². The van der Waals surface area contributed by atoms with Gasteiger partial charge in [-0.05, 0) is 0 Å². The summed E-state index contributed by atoms with van der Waals surface area (Å²) in [6.07, 6.45) is 3.91. The van der Waals surface area contributed by atoms with Crippen LogP contribution >= 0.6 is 0 Å². The molecule has 11 heavy (non-hydrogen) atoms. The first kappa shape index (κ1) is 6.68. The molecular formula is C5H5NO4S. The Morgan fingerprint density at radius 2 is 2.36 bits per heavy atom. The van der Waals surface area contributed by atoms with Gasteiger partial charge in [0.25, 0.3) is 0 Å². The zero-order valence-electron chi connectivity index (χ0n) is 5.43. The van der Waals surface area contributed by atoms with Crippen molar-refractivity contribution in [3.63, 3.8) is 0 Å². The topological polar surface area (TPSA) is 55.8 Å². The van der Waals surface area contributed by atoms with Crippen molar-refractivity contribution in [2.75, 3.05) is 6.61 Å². The Labute approximate surface area is 63.8 Å². The van der Waals surface area contributed by atoms with Crippen LogP contribution in [0.4, 0.5) is 0 Å².